The van der Waals surface area contributed by atoms with E-state index in [4.69, 9.17) is 11.6 Å². The molecule has 1 saturated carbocycles. The van der Waals surface area contributed by atoms with Crippen molar-refractivity contribution >= 4 is 23.5 Å². The Balaban J connectivity index is 2.21. The molecule has 0 saturated heterocycles. The number of aliphatic carboxylic acids is 1. The molecule has 0 spiro atoms. The summed E-state index contributed by atoms with van der Waals surface area (Å²) in [5.74, 6) is -1.32. The third-order valence-electron chi connectivity index (χ3n) is 4.15. The van der Waals surface area contributed by atoms with E-state index in [1.54, 1.807) is 18.2 Å². The number of aryl methyl sites for hydroxylation is 1. The average molecular weight is 310 g/mol. The Hall–Kier alpha value is -1.55. The molecule has 0 atom stereocenters. The van der Waals surface area contributed by atoms with E-state index in [0.29, 0.717) is 23.4 Å². The molecule has 1 aromatic carbocycles. The van der Waals surface area contributed by atoms with E-state index < -0.39 is 11.5 Å². The van der Waals surface area contributed by atoms with Gasteiger partial charge in [0.2, 0.25) is 0 Å². The normalized spacial score (nSPS) is 17.8. The summed E-state index contributed by atoms with van der Waals surface area (Å²) in [4.78, 5) is 24.0. The summed E-state index contributed by atoms with van der Waals surface area (Å²) >= 11 is 6.03. The minimum atomic E-state index is -1.15. The van der Waals surface area contributed by atoms with Gasteiger partial charge in [-0.2, -0.15) is 0 Å². The molecule has 0 radical (unpaired) electrons. The monoisotopic (exact) mass is 309 g/mol. The molecule has 0 bridgehead atoms. The standard InChI is InChI=1S/C16H20ClNO3/c1-11-6-7-12(10-13(11)17)14(19)18-16(15(20)21)8-4-2-3-5-9-16/h6-7,10H,2-5,8-9H2,1H3,(H,18,19)(H,20,21). The second-order valence-electron chi connectivity index (χ2n) is 5.72. The first-order valence-corrected chi connectivity index (χ1v) is 7.64. The van der Waals surface area contributed by atoms with Gasteiger partial charge in [0.1, 0.15) is 5.54 Å². The van der Waals surface area contributed by atoms with E-state index in [0.717, 1.165) is 31.2 Å². The molecule has 0 aliphatic heterocycles. The highest BCUT2D eigenvalue weighted by atomic mass is 35.5. The maximum absolute atomic E-state index is 12.4. The van der Waals surface area contributed by atoms with Gasteiger partial charge in [0.25, 0.3) is 5.91 Å². The van der Waals surface area contributed by atoms with Gasteiger partial charge in [-0.25, -0.2) is 4.79 Å². The molecule has 2 rings (SSSR count). The van der Waals surface area contributed by atoms with Gasteiger partial charge in [-0.1, -0.05) is 43.4 Å². The van der Waals surface area contributed by atoms with Crippen LogP contribution in [0.15, 0.2) is 18.2 Å². The minimum absolute atomic E-state index is 0.374. The number of rotatable bonds is 3. The van der Waals surface area contributed by atoms with Crippen LogP contribution in [-0.4, -0.2) is 22.5 Å². The Morgan fingerprint density at radius 2 is 1.81 bits per heavy atom. The van der Waals surface area contributed by atoms with Crippen LogP contribution in [-0.2, 0) is 4.79 Å². The van der Waals surface area contributed by atoms with Gasteiger partial charge in [0.15, 0.2) is 0 Å². The number of hydrogen-bond donors (Lipinski definition) is 2. The number of carboxylic acid groups (broad SMARTS) is 1. The van der Waals surface area contributed by atoms with Crippen molar-refractivity contribution in [3.8, 4) is 0 Å². The maximum atomic E-state index is 12.4. The van der Waals surface area contributed by atoms with E-state index in [1.807, 2.05) is 6.92 Å². The Morgan fingerprint density at radius 3 is 2.33 bits per heavy atom. The van der Waals surface area contributed by atoms with Gasteiger partial charge in [-0.15, -0.1) is 0 Å². The van der Waals surface area contributed by atoms with Crippen LogP contribution in [0.3, 0.4) is 0 Å². The molecule has 4 nitrogen and oxygen atoms in total. The Morgan fingerprint density at radius 1 is 1.19 bits per heavy atom. The zero-order chi connectivity index (χ0) is 15.5. The van der Waals surface area contributed by atoms with E-state index in [-0.39, 0.29) is 5.91 Å². The van der Waals surface area contributed by atoms with Crippen molar-refractivity contribution in [2.75, 3.05) is 0 Å². The molecule has 0 aromatic heterocycles. The number of carbonyl (C=O) groups excluding carboxylic acids is 1. The first kappa shape index (κ1) is 15.8. The average Bonchev–Trinajstić information content (AvgIpc) is 2.68. The second-order valence-corrected chi connectivity index (χ2v) is 6.13. The quantitative estimate of drug-likeness (QED) is 0.839. The fourth-order valence-corrected chi connectivity index (χ4v) is 2.93. The van der Waals surface area contributed by atoms with Crippen LogP contribution >= 0.6 is 11.6 Å². The second kappa shape index (κ2) is 6.48. The third kappa shape index (κ3) is 3.56. The predicted octanol–water partition coefficient (Wildman–Crippen LogP) is 3.56. The molecule has 1 fully saturated rings. The van der Waals surface area contributed by atoms with E-state index in [1.165, 1.54) is 0 Å². The first-order chi connectivity index (χ1) is 9.94. The van der Waals surface area contributed by atoms with E-state index >= 15 is 0 Å². The Kier molecular flexibility index (Phi) is 4.88. The van der Waals surface area contributed by atoms with Crippen LogP contribution in [0, 0.1) is 6.92 Å². The number of amides is 1. The maximum Gasteiger partial charge on any atom is 0.329 e. The number of nitrogens with one attached hydrogen (secondary N) is 1. The molecule has 21 heavy (non-hydrogen) atoms. The van der Waals surface area contributed by atoms with Gasteiger partial charge in [-0.3, -0.25) is 4.79 Å². The molecular formula is C16H20ClNO3. The highest BCUT2D eigenvalue weighted by Crippen LogP contribution is 2.28. The van der Waals surface area contributed by atoms with Crippen molar-refractivity contribution in [2.24, 2.45) is 0 Å². The van der Waals surface area contributed by atoms with Gasteiger partial charge >= 0.3 is 5.97 Å². The van der Waals surface area contributed by atoms with Crippen LogP contribution in [0.5, 0.6) is 0 Å². The molecule has 1 aromatic rings. The van der Waals surface area contributed by atoms with Gasteiger partial charge in [-0.05, 0) is 37.5 Å². The SMILES string of the molecule is Cc1ccc(C(=O)NC2(C(=O)O)CCCCCC2)cc1Cl. The first-order valence-electron chi connectivity index (χ1n) is 7.27. The van der Waals surface area contributed by atoms with Crippen molar-refractivity contribution in [1.29, 1.82) is 0 Å². The van der Waals surface area contributed by atoms with Crippen LogP contribution < -0.4 is 5.32 Å². The summed E-state index contributed by atoms with van der Waals surface area (Å²) in [6, 6.07) is 5.01. The fraction of sp³-hybridized carbons (Fsp3) is 0.500. The minimum Gasteiger partial charge on any atom is -0.480 e. The van der Waals surface area contributed by atoms with E-state index in [2.05, 4.69) is 5.32 Å². The lowest BCUT2D eigenvalue weighted by molar-refractivity contribution is -0.145. The fourth-order valence-electron chi connectivity index (χ4n) is 2.75. The van der Waals surface area contributed by atoms with Crippen molar-refractivity contribution in [3.63, 3.8) is 0 Å². The summed E-state index contributed by atoms with van der Waals surface area (Å²) in [5.41, 5.74) is 0.136. The van der Waals surface area contributed by atoms with Crippen LogP contribution in [0.4, 0.5) is 0 Å². The lowest BCUT2D eigenvalue weighted by Crippen LogP contribution is -2.54. The number of benzene rings is 1. The Labute approximate surface area is 129 Å². The molecule has 0 unspecified atom stereocenters. The number of halogens is 1. The zero-order valence-electron chi connectivity index (χ0n) is 12.1. The highest BCUT2D eigenvalue weighted by Gasteiger charge is 2.40. The van der Waals surface area contributed by atoms with Crippen molar-refractivity contribution in [2.45, 2.75) is 51.0 Å². The van der Waals surface area contributed by atoms with Crippen LogP contribution in [0.2, 0.25) is 5.02 Å². The highest BCUT2D eigenvalue weighted by molar-refractivity contribution is 6.31. The molecule has 1 amide bonds. The smallest absolute Gasteiger partial charge is 0.329 e. The predicted molar refractivity (Wildman–Crippen MR) is 81.7 cm³/mol. The van der Waals surface area contributed by atoms with Gasteiger partial charge in [0.05, 0.1) is 0 Å². The van der Waals surface area contributed by atoms with Crippen molar-refractivity contribution in [1.82, 2.24) is 5.32 Å². The molecular weight excluding hydrogens is 290 g/mol. The van der Waals surface area contributed by atoms with Crippen molar-refractivity contribution in [3.05, 3.63) is 34.3 Å². The lowest BCUT2D eigenvalue weighted by atomic mass is 9.89. The van der Waals surface area contributed by atoms with Gasteiger partial charge < -0.3 is 10.4 Å². The number of carboxylic acids is 1. The van der Waals surface area contributed by atoms with E-state index in [9.17, 15) is 14.7 Å². The Bertz CT molecular complexity index is 548. The number of hydrogen-bond acceptors (Lipinski definition) is 2. The third-order valence-corrected chi connectivity index (χ3v) is 4.56. The molecule has 5 heteroatoms. The molecule has 1 aliphatic rings. The molecule has 0 heterocycles. The van der Waals surface area contributed by atoms with Crippen LogP contribution in [0.25, 0.3) is 0 Å². The summed E-state index contributed by atoms with van der Waals surface area (Å²) in [6.45, 7) is 1.86. The largest absolute Gasteiger partial charge is 0.480 e. The summed E-state index contributed by atoms with van der Waals surface area (Å²) in [5, 5.41) is 12.8. The molecule has 2 N–H and O–H groups in total. The van der Waals surface area contributed by atoms with Crippen molar-refractivity contribution < 1.29 is 14.7 Å². The molecule has 114 valence electrons. The van der Waals surface area contributed by atoms with Crippen LogP contribution in [0.1, 0.15) is 54.4 Å². The molecule has 1 aliphatic carbocycles. The summed E-state index contributed by atoms with van der Waals surface area (Å²) in [6.07, 6.45) is 4.63. The number of carbonyl (C=O) groups is 2. The summed E-state index contributed by atoms with van der Waals surface area (Å²) in [7, 11) is 0. The lowest BCUT2D eigenvalue weighted by Gasteiger charge is -2.29. The summed E-state index contributed by atoms with van der Waals surface area (Å²) < 4.78 is 0. The van der Waals surface area contributed by atoms with Gasteiger partial charge in [0, 0.05) is 10.6 Å². The zero-order valence-corrected chi connectivity index (χ0v) is 12.9. The topological polar surface area (TPSA) is 66.4 Å².